The van der Waals surface area contributed by atoms with Crippen molar-refractivity contribution in [2.24, 2.45) is 0 Å². The van der Waals surface area contributed by atoms with Crippen LogP contribution in [0.2, 0.25) is 0 Å². The molecule has 0 bridgehead atoms. The molecule has 0 spiro atoms. The molecular weight excluding hydrogens is 224 g/mol. The zero-order valence-corrected chi connectivity index (χ0v) is 9.94. The van der Waals surface area contributed by atoms with Crippen molar-refractivity contribution in [2.45, 2.75) is 39.5 Å². The fourth-order valence-corrected chi connectivity index (χ4v) is 2.99. The van der Waals surface area contributed by atoms with Gasteiger partial charge < -0.3 is 0 Å². The van der Waals surface area contributed by atoms with Crippen LogP contribution >= 0.6 is 21.6 Å². The molecule has 0 N–H and O–H groups in total. The molecule has 0 saturated carbocycles. The van der Waals surface area contributed by atoms with Crippen molar-refractivity contribution in [2.75, 3.05) is 11.5 Å². The molecular formula is C8H18CuS2. The zero-order valence-electron chi connectivity index (χ0n) is 7.36. The van der Waals surface area contributed by atoms with Crippen LogP contribution in [-0.4, -0.2) is 11.5 Å². The van der Waals surface area contributed by atoms with Crippen molar-refractivity contribution in [3.8, 4) is 0 Å². The van der Waals surface area contributed by atoms with Gasteiger partial charge in [0.1, 0.15) is 0 Å². The Morgan fingerprint density at radius 3 is 1.45 bits per heavy atom. The first-order chi connectivity index (χ1) is 4.91. The molecule has 0 aromatic carbocycles. The third kappa shape index (κ3) is 14.1. The van der Waals surface area contributed by atoms with Gasteiger partial charge in [-0.2, -0.15) is 0 Å². The van der Waals surface area contributed by atoms with Gasteiger partial charge in [0.15, 0.2) is 0 Å². The van der Waals surface area contributed by atoms with Crippen LogP contribution in [0.15, 0.2) is 0 Å². The van der Waals surface area contributed by atoms with Crippen LogP contribution in [0, 0.1) is 0 Å². The van der Waals surface area contributed by atoms with Crippen molar-refractivity contribution in [1.82, 2.24) is 0 Å². The predicted molar refractivity (Wildman–Crippen MR) is 54.7 cm³/mol. The quantitative estimate of drug-likeness (QED) is 0.376. The molecule has 0 fully saturated rings. The van der Waals surface area contributed by atoms with E-state index in [2.05, 4.69) is 13.8 Å². The topological polar surface area (TPSA) is 0 Å². The Balaban J connectivity index is 0. The largest absolute Gasteiger partial charge is 0.0942 e. The summed E-state index contributed by atoms with van der Waals surface area (Å²) in [6.45, 7) is 4.49. The standard InChI is InChI=1S/C8H18S2.Cu/c1-3-5-7-9-10-8-6-4-2;/h3-8H2,1-2H3;. The molecule has 0 unspecified atom stereocenters. The van der Waals surface area contributed by atoms with Crippen molar-refractivity contribution in [3.05, 3.63) is 0 Å². The first kappa shape index (κ1) is 14.7. The summed E-state index contributed by atoms with van der Waals surface area (Å²) < 4.78 is 0. The molecule has 0 atom stereocenters. The van der Waals surface area contributed by atoms with E-state index in [4.69, 9.17) is 0 Å². The average Bonchev–Trinajstić information content (AvgIpc) is 1.97. The average molecular weight is 242 g/mol. The molecule has 0 aromatic rings. The van der Waals surface area contributed by atoms with Gasteiger partial charge in [-0.05, 0) is 12.8 Å². The van der Waals surface area contributed by atoms with Crippen LogP contribution in [0.4, 0.5) is 0 Å². The van der Waals surface area contributed by atoms with Gasteiger partial charge in [0.2, 0.25) is 0 Å². The molecule has 11 heavy (non-hydrogen) atoms. The number of hydrogen-bond donors (Lipinski definition) is 0. The maximum Gasteiger partial charge on any atom is 0.00368 e. The Hall–Kier alpha value is 1.22. The summed E-state index contributed by atoms with van der Waals surface area (Å²) in [5, 5.41) is 0. The molecule has 0 aliphatic carbocycles. The summed E-state index contributed by atoms with van der Waals surface area (Å²) in [4.78, 5) is 0. The van der Waals surface area contributed by atoms with Crippen molar-refractivity contribution >= 4 is 21.6 Å². The van der Waals surface area contributed by atoms with Crippen LogP contribution in [0.3, 0.4) is 0 Å². The summed E-state index contributed by atoms with van der Waals surface area (Å²) >= 11 is 0. The molecule has 0 nitrogen and oxygen atoms in total. The normalized spacial score (nSPS) is 9.27. The number of rotatable bonds is 7. The van der Waals surface area contributed by atoms with Crippen molar-refractivity contribution < 1.29 is 17.1 Å². The van der Waals surface area contributed by atoms with Gasteiger partial charge in [0.25, 0.3) is 0 Å². The number of unbranched alkanes of at least 4 members (excludes halogenated alkanes) is 2. The van der Waals surface area contributed by atoms with Crippen LogP contribution in [0.1, 0.15) is 39.5 Å². The van der Waals surface area contributed by atoms with Gasteiger partial charge in [-0.25, -0.2) is 0 Å². The summed E-state index contributed by atoms with van der Waals surface area (Å²) in [5.74, 6) is 2.68. The predicted octanol–water partition coefficient (Wildman–Crippen LogP) is 3.97. The molecule has 73 valence electrons. The molecule has 0 amide bonds. The third-order valence-corrected chi connectivity index (χ3v) is 3.82. The van der Waals surface area contributed by atoms with E-state index in [1.54, 1.807) is 0 Å². The van der Waals surface area contributed by atoms with Crippen LogP contribution < -0.4 is 0 Å². The fraction of sp³-hybridized carbons (Fsp3) is 1.00. The van der Waals surface area contributed by atoms with Gasteiger partial charge in [-0.1, -0.05) is 48.3 Å². The maximum absolute atomic E-state index is 2.25. The fourth-order valence-electron chi connectivity index (χ4n) is 0.524. The zero-order chi connectivity index (χ0) is 7.66. The van der Waals surface area contributed by atoms with Crippen LogP contribution in [0.5, 0.6) is 0 Å². The Kier molecular flexibility index (Phi) is 18.5. The van der Waals surface area contributed by atoms with E-state index in [9.17, 15) is 0 Å². The Bertz CT molecular complexity index is 52.1. The summed E-state index contributed by atoms with van der Waals surface area (Å²) in [5.41, 5.74) is 0. The minimum atomic E-state index is 0. The second-order valence-corrected chi connectivity index (χ2v) is 5.05. The van der Waals surface area contributed by atoms with E-state index >= 15 is 0 Å². The van der Waals surface area contributed by atoms with E-state index in [0.717, 1.165) is 0 Å². The molecule has 0 aliphatic rings. The molecule has 0 rings (SSSR count). The SMILES string of the molecule is CCCCSSCCCC.[Cu]. The van der Waals surface area contributed by atoms with Crippen molar-refractivity contribution in [3.63, 3.8) is 0 Å². The Labute approximate surface area is 89.5 Å². The molecule has 1 radical (unpaired) electrons. The monoisotopic (exact) mass is 241 g/mol. The Morgan fingerprint density at radius 1 is 0.818 bits per heavy atom. The molecule has 3 heteroatoms. The van der Waals surface area contributed by atoms with Crippen molar-refractivity contribution in [1.29, 1.82) is 0 Å². The first-order valence-corrected chi connectivity index (χ1v) is 6.65. The Morgan fingerprint density at radius 2 is 1.18 bits per heavy atom. The smallest absolute Gasteiger partial charge is 0.00368 e. The minimum absolute atomic E-state index is 0. The molecule has 0 heterocycles. The van der Waals surface area contributed by atoms with E-state index in [-0.39, 0.29) is 17.1 Å². The minimum Gasteiger partial charge on any atom is -0.0942 e. The second kappa shape index (κ2) is 13.8. The maximum atomic E-state index is 2.25. The van der Waals surface area contributed by atoms with Gasteiger partial charge in [-0.3, -0.25) is 0 Å². The van der Waals surface area contributed by atoms with Gasteiger partial charge >= 0.3 is 0 Å². The van der Waals surface area contributed by atoms with Crippen LogP contribution in [-0.2, 0) is 17.1 Å². The number of hydrogen-bond acceptors (Lipinski definition) is 2. The van der Waals surface area contributed by atoms with Gasteiger partial charge in [0.05, 0.1) is 0 Å². The van der Waals surface area contributed by atoms with E-state index in [0.29, 0.717) is 0 Å². The van der Waals surface area contributed by atoms with Gasteiger partial charge in [-0.15, -0.1) is 0 Å². The van der Waals surface area contributed by atoms with E-state index in [1.807, 2.05) is 21.6 Å². The molecule has 0 aliphatic heterocycles. The molecule has 0 saturated heterocycles. The summed E-state index contributed by atoms with van der Waals surface area (Å²) in [6, 6.07) is 0. The third-order valence-electron chi connectivity index (χ3n) is 1.25. The summed E-state index contributed by atoms with van der Waals surface area (Å²) in [6.07, 6.45) is 5.43. The van der Waals surface area contributed by atoms with E-state index in [1.165, 1.54) is 37.2 Å². The summed E-state index contributed by atoms with van der Waals surface area (Å²) in [7, 11) is 4.07. The molecule has 0 aromatic heterocycles. The van der Waals surface area contributed by atoms with Crippen LogP contribution in [0.25, 0.3) is 0 Å². The van der Waals surface area contributed by atoms with Gasteiger partial charge in [0, 0.05) is 28.6 Å². The first-order valence-electron chi connectivity index (χ1n) is 4.16. The van der Waals surface area contributed by atoms with E-state index < -0.39 is 0 Å². The second-order valence-electron chi connectivity index (χ2n) is 2.35.